The van der Waals surface area contributed by atoms with Crippen LogP contribution in [0, 0.1) is 5.41 Å². The van der Waals surface area contributed by atoms with Gasteiger partial charge in [0, 0.05) is 19.2 Å². The molecule has 0 aliphatic carbocycles. The zero-order valence-electron chi connectivity index (χ0n) is 17.2. The van der Waals surface area contributed by atoms with Gasteiger partial charge in [0.05, 0.1) is 30.8 Å². The molecule has 0 radical (unpaired) electrons. The third-order valence-corrected chi connectivity index (χ3v) is 4.60. The molecule has 2 aromatic heterocycles. The van der Waals surface area contributed by atoms with Crippen LogP contribution in [0.25, 0.3) is 11.3 Å². The molecule has 3 rings (SSSR count). The van der Waals surface area contributed by atoms with Gasteiger partial charge in [-0.2, -0.15) is 5.10 Å². The van der Waals surface area contributed by atoms with Gasteiger partial charge in [-0.15, -0.1) is 0 Å². The van der Waals surface area contributed by atoms with Crippen molar-refractivity contribution in [2.24, 2.45) is 5.41 Å². The quantitative estimate of drug-likeness (QED) is 0.731. The number of nitrogen functional groups attached to an aromatic ring is 1. The van der Waals surface area contributed by atoms with Gasteiger partial charge in [0.1, 0.15) is 29.2 Å². The Morgan fingerprint density at radius 1 is 1.33 bits per heavy atom. The molecular formula is C19H25F2N5O4. The molecule has 9 nitrogen and oxygen atoms in total. The Morgan fingerprint density at radius 2 is 2.00 bits per heavy atom. The van der Waals surface area contributed by atoms with Crippen LogP contribution in [0.3, 0.4) is 0 Å². The van der Waals surface area contributed by atoms with E-state index in [0.717, 1.165) is 0 Å². The average Bonchev–Trinajstić information content (AvgIpc) is 3.04. The molecule has 0 bridgehead atoms. The molecule has 1 aliphatic heterocycles. The second-order valence-corrected chi connectivity index (χ2v) is 8.21. The van der Waals surface area contributed by atoms with Crippen molar-refractivity contribution in [1.82, 2.24) is 20.1 Å². The number of ether oxygens (including phenoxy) is 3. The van der Waals surface area contributed by atoms with Gasteiger partial charge in [0.2, 0.25) is 0 Å². The summed E-state index contributed by atoms with van der Waals surface area (Å²) in [6, 6.07) is 1.57. The number of rotatable bonds is 6. The second kappa shape index (κ2) is 7.96. The highest BCUT2D eigenvalue weighted by Crippen LogP contribution is 2.41. The number of pyridine rings is 1. The minimum Gasteiger partial charge on any atom is -0.494 e. The van der Waals surface area contributed by atoms with E-state index in [1.165, 1.54) is 24.4 Å². The number of H-pyrrole nitrogens is 1. The van der Waals surface area contributed by atoms with E-state index in [9.17, 15) is 13.6 Å². The fourth-order valence-electron chi connectivity index (χ4n) is 3.10. The van der Waals surface area contributed by atoms with E-state index in [2.05, 4.69) is 15.2 Å². The highest BCUT2D eigenvalue weighted by Gasteiger charge is 2.54. The maximum atomic E-state index is 13.9. The minimum atomic E-state index is -2.69. The number of alkyl halides is 2. The maximum absolute atomic E-state index is 13.9. The van der Waals surface area contributed by atoms with E-state index in [1.807, 2.05) is 0 Å². The fourth-order valence-corrected chi connectivity index (χ4v) is 3.10. The van der Waals surface area contributed by atoms with Crippen molar-refractivity contribution in [3.63, 3.8) is 0 Å². The van der Waals surface area contributed by atoms with Gasteiger partial charge in [-0.3, -0.25) is 10.1 Å². The molecule has 0 aromatic carbocycles. The molecule has 2 aromatic rings. The van der Waals surface area contributed by atoms with Crippen LogP contribution in [-0.4, -0.2) is 65.0 Å². The van der Waals surface area contributed by atoms with E-state index in [-0.39, 0.29) is 31.3 Å². The molecular weight excluding hydrogens is 400 g/mol. The van der Waals surface area contributed by atoms with Gasteiger partial charge >= 0.3 is 6.09 Å². The Kier molecular flexibility index (Phi) is 5.73. The van der Waals surface area contributed by atoms with Crippen molar-refractivity contribution in [3.05, 3.63) is 18.5 Å². The lowest BCUT2D eigenvalue weighted by atomic mass is 9.81. The van der Waals surface area contributed by atoms with E-state index < -0.39 is 23.5 Å². The first-order chi connectivity index (χ1) is 14.0. The number of anilines is 1. The molecule has 1 saturated heterocycles. The average molecular weight is 425 g/mol. The first-order valence-electron chi connectivity index (χ1n) is 9.27. The predicted molar refractivity (Wildman–Crippen MR) is 105 cm³/mol. The lowest BCUT2D eigenvalue weighted by Gasteiger charge is -2.48. The molecule has 3 N–H and O–H groups in total. The Balaban J connectivity index is 1.76. The number of likely N-dealkylation sites (tertiary alicyclic amines) is 1. The van der Waals surface area contributed by atoms with Crippen LogP contribution in [0.15, 0.2) is 18.5 Å². The first kappa shape index (κ1) is 21.6. The molecule has 0 spiro atoms. The third-order valence-electron chi connectivity index (χ3n) is 4.60. The summed E-state index contributed by atoms with van der Waals surface area (Å²) < 4.78 is 44.0. The van der Waals surface area contributed by atoms with Crippen molar-refractivity contribution in [1.29, 1.82) is 0 Å². The molecule has 0 atom stereocenters. The van der Waals surface area contributed by atoms with Gasteiger partial charge < -0.3 is 24.8 Å². The van der Waals surface area contributed by atoms with Crippen molar-refractivity contribution < 1.29 is 27.8 Å². The number of methoxy groups -OCH3 is 1. The fraction of sp³-hybridized carbons (Fsp3) is 0.526. The van der Waals surface area contributed by atoms with Gasteiger partial charge in [-0.05, 0) is 20.8 Å². The monoisotopic (exact) mass is 425 g/mol. The number of amides is 1. The summed E-state index contributed by atoms with van der Waals surface area (Å²) in [6.07, 6.45) is -0.454. The van der Waals surface area contributed by atoms with Crippen LogP contribution in [-0.2, 0) is 4.74 Å². The highest BCUT2D eigenvalue weighted by atomic mass is 19.3. The van der Waals surface area contributed by atoms with Crippen molar-refractivity contribution >= 4 is 11.9 Å². The Bertz CT molecular complexity index is 907. The summed E-state index contributed by atoms with van der Waals surface area (Å²) in [4.78, 5) is 17.4. The lowest BCUT2D eigenvalue weighted by Crippen LogP contribution is -2.64. The van der Waals surface area contributed by atoms with Crippen LogP contribution in [0.5, 0.6) is 11.5 Å². The molecule has 11 heteroatoms. The number of halogens is 2. The summed E-state index contributed by atoms with van der Waals surface area (Å²) in [5, 5.41) is 6.62. The molecule has 164 valence electrons. The Morgan fingerprint density at radius 3 is 2.53 bits per heavy atom. The van der Waals surface area contributed by atoms with Crippen LogP contribution < -0.4 is 15.2 Å². The first-order valence-corrected chi connectivity index (χ1v) is 9.27. The zero-order chi connectivity index (χ0) is 22.1. The van der Waals surface area contributed by atoms with Gasteiger partial charge in [0.15, 0.2) is 5.75 Å². The van der Waals surface area contributed by atoms with E-state index in [0.29, 0.717) is 17.0 Å². The van der Waals surface area contributed by atoms with Crippen LogP contribution in [0.1, 0.15) is 20.8 Å². The van der Waals surface area contributed by atoms with Crippen molar-refractivity contribution in [2.75, 3.05) is 32.5 Å². The van der Waals surface area contributed by atoms with Gasteiger partial charge in [-0.25, -0.2) is 13.6 Å². The molecule has 1 fully saturated rings. The summed E-state index contributed by atoms with van der Waals surface area (Å²) in [6.45, 7) is 4.47. The van der Waals surface area contributed by atoms with Crippen LogP contribution in [0.2, 0.25) is 0 Å². The number of hydrogen-bond acceptors (Lipinski definition) is 7. The van der Waals surface area contributed by atoms with Crippen molar-refractivity contribution in [3.8, 4) is 22.8 Å². The molecule has 30 heavy (non-hydrogen) atoms. The SMILES string of the molecule is COc1cncc(OCC2(C(F)F)CN(C(=O)OC(C)(C)C)C2)c1-c1cc(N)n[nH]1. The van der Waals surface area contributed by atoms with Crippen LogP contribution in [0.4, 0.5) is 19.4 Å². The number of aromatic nitrogens is 3. The number of carbonyl (C=O) groups excluding carboxylic acids is 1. The topological polar surface area (TPSA) is 116 Å². The third kappa shape index (κ3) is 4.39. The second-order valence-electron chi connectivity index (χ2n) is 8.21. The maximum Gasteiger partial charge on any atom is 0.410 e. The molecule has 0 saturated carbocycles. The smallest absolute Gasteiger partial charge is 0.410 e. The molecule has 3 heterocycles. The largest absolute Gasteiger partial charge is 0.494 e. The molecule has 1 amide bonds. The predicted octanol–water partition coefficient (Wildman–Crippen LogP) is 2.94. The normalized spacial score (nSPS) is 15.6. The number of nitrogens with zero attached hydrogens (tertiary/aromatic N) is 3. The molecule has 1 aliphatic rings. The number of nitrogens with one attached hydrogen (secondary N) is 1. The number of aromatic amines is 1. The number of nitrogens with two attached hydrogens (primary N) is 1. The summed E-state index contributed by atoms with van der Waals surface area (Å²) in [7, 11) is 1.45. The summed E-state index contributed by atoms with van der Waals surface area (Å²) >= 11 is 0. The van der Waals surface area contributed by atoms with Crippen LogP contribution >= 0.6 is 0 Å². The molecule has 0 unspecified atom stereocenters. The van der Waals surface area contributed by atoms with E-state index in [4.69, 9.17) is 19.9 Å². The zero-order valence-corrected chi connectivity index (χ0v) is 17.2. The van der Waals surface area contributed by atoms with Gasteiger partial charge in [-0.1, -0.05) is 0 Å². The number of hydrogen-bond donors (Lipinski definition) is 2. The Hall–Kier alpha value is -3.11. The van der Waals surface area contributed by atoms with E-state index >= 15 is 0 Å². The minimum absolute atomic E-state index is 0.177. The lowest BCUT2D eigenvalue weighted by molar-refractivity contribution is -0.128. The van der Waals surface area contributed by atoms with E-state index in [1.54, 1.807) is 26.8 Å². The Labute approximate surface area is 172 Å². The number of carbonyl (C=O) groups is 1. The highest BCUT2D eigenvalue weighted by molar-refractivity contribution is 5.74. The standard InChI is InChI=1S/C19H25F2N5O4/c1-18(2,3)30-17(27)26-8-19(9-26,16(20)21)10-29-13-7-23-6-12(28-4)15(13)11-5-14(22)25-24-11/h5-7,16H,8-10H2,1-4H3,(H3,22,24,25). The summed E-state index contributed by atoms with van der Waals surface area (Å²) in [5.41, 5.74) is 4.42. The summed E-state index contributed by atoms with van der Waals surface area (Å²) in [5.74, 6) is 0.853. The van der Waals surface area contributed by atoms with Gasteiger partial charge in [0.25, 0.3) is 6.43 Å². The van der Waals surface area contributed by atoms with Crippen molar-refractivity contribution in [2.45, 2.75) is 32.8 Å².